The number of benzene rings is 2. The van der Waals surface area contributed by atoms with E-state index in [1.807, 2.05) is 19.1 Å². The Bertz CT molecular complexity index is 1110. The van der Waals surface area contributed by atoms with Crippen molar-refractivity contribution in [1.29, 1.82) is 0 Å². The van der Waals surface area contributed by atoms with Crippen molar-refractivity contribution in [3.05, 3.63) is 57.9 Å². The van der Waals surface area contributed by atoms with Crippen LogP contribution in [0.1, 0.15) is 30.1 Å². The molecule has 1 unspecified atom stereocenters. The SMILES string of the molecule is COc1ccc(CN2C(=O)CCC(n3nc(C)c4cc(Br)c(F)cc43)C2=O)cc1. The van der Waals surface area contributed by atoms with Crippen molar-refractivity contribution in [2.45, 2.75) is 32.4 Å². The first-order valence-electron chi connectivity index (χ1n) is 9.20. The lowest BCUT2D eigenvalue weighted by Gasteiger charge is -2.31. The summed E-state index contributed by atoms with van der Waals surface area (Å²) < 4.78 is 21.2. The molecular weight excluding hydrogens is 441 g/mol. The number of nitrogens with zero attached hydrogens (tertiary/aromatic N) is 3. The molecule has 6 nitrogen and oxygen atoms in total. The summed E-state index contributed by atoms with van der Waals surface area (Å²) in [6.45, 7) is 1.99. The van der Waals surface area contributed by atoms with Gasteiger partial charge in [0, 0.05) is 17.9 Å². The molecule has 0 radical (unpaired) electrons. The van der Waals surface area contributed by atoms with Gasteiger partial charge in [0.15, 0.2) is 0 Å². The van der Waals surface area contributed by atoms with Gasteiger partial charge in [-0.15, -0.1) is 0 Å². The molecule has 2 heterocycles. The number of amides is 2. The molecule has 1 atom stereocenters. The van der Waals surface area contributed by atoms with Crippen LogP contribution in [0.5, 0.6) is 5.75 Å². The van der Waals surface area contributed by atoms with Crippen LogP contribution in [0.25, 0.3) is 10.9 Å². The number of hydrogen-bond acceptors (Lipinski definition) is 4. The third-order valence-electron chi connectivity index (χ3n) is 5.21. The zero-order chi connectivity index (χ0) is 20.7. The van der Waals surface area contributed by atoms with Crippen molar-refractivity contribution < 1.29 is 18.7 Å². The van der Waals surface area contributed by atoms with Crippen LogP contribution < -0.4 is 4.74 Å². The lowest BCUT2D eigenvalue weighted by molar-refractivity contribution is -0.152. The predicted molar refractivity (Wildman–Crippen MR) is 109 cm³/mol. The monoisotopic (exact) mass is 459 g/mol. The number of likely N-dealkylation sites (tertiary alicyclic amines) is 1. The molecule has 150 valence electrons. The Kier molecular flexibility index (Phi) is 5.12. The Labute approximate surface area is 175 Å². The number of aromatic nitrogens is 2. The lowest BCUT2D eigenvalue weighted by Crippen LogP contribution is -2.45. The van der Waals surface area contributed by atoms with E-state index in [4.69, 9.17) is 4.74 Å². The van der Waals surface area contributed by atoms with Crippen LogP contribution in [-0.4, -0.2) is 33.6 Å². The molecule has 1 aliphatic rings. The summed E-state index contributed by atoms with van der Waals surface area (Å²) >= 11 is 3.19. The van der Waals surface area contributed by atoms with Gasteiger partial charge in [-0.05, 0) is 53.0 Å². The number of carbonyl (C=O) groups excluding carboxylic acids is 2. The molecule has 0 saturated carbocycles. The Hall–Kier alpha value is -2.74. The highest BCUT2D eigenvalue weighted by atomic mass is 79.9. The summed E-state index contributed by atoms with van der Waals surface area (Å²) in [4.78, 5) is 26.9. The quantitative estimate of drug-likeness (QED) is 0.549. The number of halogens is 2. The van der Waals surface area contributed by atoms with Gasteiger partial charge >= 0.3 is 0 Å². The fourth-order valence-electron chi connectivity index (χ4n) is 3.65. The van der Waals surface area contributed by atoms with Gasteiger partial charge in [0.2, 0.25) is 5.91 Å². The molecule has 1 aromatic heterocycles. The minimum absolute atomic E-state index is 0.177. The molecule has 1 aliphatic heterocycles. The average Bonchev–Trinajstić information content (AvgIpc) is 3.01. The molecule has 0 aliphatic carbocycles. The van der Waals surface area contributed by atoms with Gasteiger partial charge in [-0.25, -0.2) is 4.39 Å². The Balaban J connectivity index is 1.67. The standard InChI is InChI=1S/C21H19BrFN3O3/c1-12-15-9-16(22)17(23)10-19(15)26(24-12)18-7-8-20(27)25(21(18)28)11-13-3-5-14(29-2)6-4-13/h3-6,9-10,18H,7-8,11H2,1-2H3. The molecule has 29 heavy (non-hydrogen) atoms. The van der Waals surface area contributed by atoms with E-state index in [2.05, 4.69) is 21.0 Å². The number of aryl methyl sites for hydroxylation is 1. The van der Waals surface area contributed by atoms with E-state index in [1.54, 1.807) is 30.0 Å². The highest BCUT2D eigenvalue weighted by Crippen LogP contribution is 2.32. The second-order valence-electron chi connectivity index (χ2n) is 7.03. The maximum Gasteiger partial charge on any atom is 0.254 e. The van der Waals surface area contributed by atoms with Crippen LogP contribution in [0.2, 0.25) is 0 Å². The van der Waals surface area contributed by atoms with Crippen molar-refractivity contribution in [1.82, 2.24) is 14.7 Å². The van der Waals surface area contributed by atoms with E-state index in [-0.39, 0.29) is 24.8 Å². The van der Waals surface area contributed by atoms with Crippen LogP contribution in [0.3, 0.4) is 0 Å². The zero-order valence-electron chi connectivity index (χ0n) is 16.0. The number of methoxy groups -OCH3 is 1. The average molecular weight is 460 g/mol. The molecule has 4 rings (SSSR count). The summed E-state index contributed by atoms with van der Waals surface area (Å²) in [5, 5.41) is 5.26. The molecule has 0 spiro atoms. The van der Waals surface area contributed by atoms with Crippen molar-refractivity contribution >= 4 is 38.6 Å². The van der Waals surface area contributed by atoms with Gasteiger partial charge < -0.3 is 4.74 Å². The summed E-state index contributed by atoms with van der Waals surface area (Å²) in [7, 11) is 1.58. The summed E-state index contributed by atoms with van der Waals surface area (Å²) in [6, 6.07) is 9.61. The van der Waals surface area contributed by atoms with Crippen molar-refractivity contribution in [2.24, 2.45) is 0 Å². The molecule has 2 aromatic carbocycles. The first-order chi connectivity index (χ1) is 13.9. The number of ether oxygens (including phenoxy) is 1. The van der Waals surface area contributed by atoms with Gasteiger partial charge in [-0.2, -0.15) is 5.10 Å². The minimum atomic E-state index is -0.650. The fourth-order valence-corrected chi connectivity index (χ4v) is 3.99. The molecule has 1 saturated heterocycles. The third-order valence-corrected chi connectivity index (χ3v) is 5.82. The first-order valence-corrected chi connectivity index (χ1v) is 9.99. The second kappa shape index (κ2) is 7.59. The van der Waals surface area contributed by atoms with Gasteiger partial charge in [0.1, 0.15) is 17.6 Å². The summed E-state index contributed by atoms with van der Waals surface area (Å²) in [6.07, 6.45) is 0.566. The van der Waals surface area contributed by atoms with E-state index in [1.165, 1.54) is 11.0 Å². The van der Waals surface area contributed by atoms with Crippen molar-refractivity contribution in [2.75, 3.05) is 7.11 Å². The van der Waals surface area contributed by atoms with E-state index >= 15 is 0 Å². The van der Waals surface area contributed by atoms with Crippen LogP contribution >= 0.6 is 15.9 Å². The molecular formula is C21H19BrFN3O3. The number of rotatable bonds is 4. The van der Waals surface area contributed by atoms with E-state index in [0.29, 0.717) is 27.9 Å². The van der Waals surface area contributed by atoms with Gasteiger partial charge in [-0.3, -0.25) is 19.2 Å². The maximum absolute atomic E-state index is 14.1. The number of carbonyl (C=O) groups is 2. The van der Waals surface area contributed by atoms with Gasteiger partial charge in [0.05, 0.1) is 29.3 Å². The molecule has 0 N–H and O–H groups in total. The smallest absolute Gasteiger partial charge is 0.254 e. The van der Waals surface area contributed by atoms with Crippen molar-refractivity contribution in [3.8, 4) is 5.75 Å². The van der Waals surface area contributed by atoms with Gasteiger partial charge in [0.25, 0.3) is 5.91 Å². The summed E-state index contributed by atoms with van der Waals surface area (Å²) in [5.74, 6) is -0.267. The summed E-state index contributed by atoms with van der Waals surface area (Å²) in [5.41, 5.74) is 2.07. The molecule has 0 bridgehead atoms. The van der Waals surface area contributed by atoms with E-state index < -0.39 is 11.9 Å². The maximum atomic E-state index is 14.1. The Morgan fingerprint density at radius 3 is 2.66 bits per heavy atom. The minimum Gasteiger partial charge on any atom is -0.497 e. The number of hydrogen-bond donors (Lipinski definition) is 0. The van der Waals surface area contributed by atoms with Gasteiger partial charge in [-0.1, -0.05) is 12.1 Å². The van der Waals surface area contributed by atoms with Crippen LogP contribution in [-0.2, 0) is 16.1 Å². The van der Waals surface area contributed by atoms with E-state index in [0.717, 1.165) is 10.9 Å². The normalized spacial score (nSPS) is 17.2. The Morgan fingerprint density at radius 1 is 1.24 bits per heavy atom. The number of fused-ring (bicyclic) bond motifs is 1. The van der Waals surface area contributed by atoms with Crippen LogP contribution in [0.15, 0.2) is 40.9 Å². The topological polar surface area (TPSA) is 64.4 Å². The lowest BCUT2D eigenvalue weighted by atomic mass is 10.0. The molecule has 1 fully saturated rings. The third kappa shape index (κ3) is 3.53. The fraction of sp³-hybridized carbons (Fsp3) is 0.286. The molecule has 2 amide bonds. The Morgan fingerprint density at radius 2 is 1.97 bits per heavy atom. The second-order valence-corrected chi connectivity index (χ2v) is 7.89. The number of imide groups is 1. The van der Waals surface area contributed by atoms with Crippen LogP contribution in [0.4, 0.5) is 4.39 Å². The zero-order valence-corrected chi connectivity index (χ0v) is 17.6. The highest BCUT2D eigenvalue weighted by Gasteiger charge is 2.37. The van der Waals surface area contributed by atoms with E-state index in [9.17, 15) is 14.0 Å². The number of piperidine rings is 1. The predicted octanol–water partition coefficient (Wildman–Crippen LogP) is 4.15. The first kappa shape index (κ1) is 19.6. The molecule has 3 aromatic rings. The largest absolute Gasteiger partial charge is 0.497 e. The highest BCUT2D eigenvalue weighted by molar-refractivity contribution is 9.10. The van der Waals surface area contributed by atoms with Crippen molar-refractivity contribution in [3.63, 3.8) is 0 Å². The molecule has 8 heteroatoms. The van der Waals surface area contributed by atoms with Crippen LogP contribution in [0, 0.1) is 12.7 Å².